The highest BCUT2D eigenvalue weighted by Crippen LogP contribution is 2.21. The van der Waals surface area contributed by atoms with Crippen molar-refractivity contribution >= 4 is 15.7 Å². The summed E-state index contributed by atoms with van der Waals surface area (Å²) in [4.78, 5) is -0.407. The van der Waals surface area contributed by atoms with E-state index in [2.05, 4.69) is 4.72 Å². The Morgan fingerprint density at radius 2 is 2.19 bits per heavy atom. The first kappa shape index (κ1) is 16.2. The summed E-state index contributed by atoms with van der Waals surface area (Å²) < 4.78 is 46.0. The largest absolute Gasteiger partial charge is 0.398 e. The Kier molecular flexibility index (Phi) is 5.18. The maximum atomic E-state index is 13.8. The molecule has 0 spiro atoms. The number of rotatable bonds is 5. The third-order valence-electron chi connectivity index (χ3n) is 3.64. The predicted octanol–water partition coefficient (Wildman–Crippen LogP) is 1.95. The van der Waals surface area contributed by atoms with E-state index in [0.29, 0.717) is 12.0 Å². The lowest BCUT2D eigenvalue weighted by Gasteiger charge is -2.22. The topological polar surface area (TPSA) is 81.4 Å². The summed E-state index contributed by atoms with van der Waals surface area (Å²) in [6.07, 6.45) is 3.75. The summed E-state index contributed by atoms with van der Waals surface area (Å²) in [5, 5.41) is 0. The molecule has 1 aliphatic rings. The molecule has 1 unspecified atom stereocenters. The molecule has 1 aliphatic heterocycles. The number of nitrogen functional groups attached to an aromatic ring is 1. The zero-order valence-electron chi connectivity index (χ0n) is 12.1. The molecule has 0 amide bonds. The first-order valence-corrected chi connectivity index (χ1v) is 8.55. The molecule has 5 nitrogen and oxygen atoms in total. The van der Waals surface area contributed by atoms with Crippen LogP contribution in [-0.4, -0.2) is 27.7 Å². The molecule has 0 aliphatic carbocycles. The lowest BCUT2D eigenvalue weighted by Crippen LogP contribution is -2.30. The van der Waals surface area contributed by atoms with E-state index in [1.165, 1.54) is 0 Å². The quantitative estimate of drug-likeness (QED) is 0.814. The van der Waals surface area contributed by atoms with Crippen LogP contribution in [0.25, 0.3) is 0 Å². The highest BCUT2D eigenvalue weighted by atomic mass is 32.2. The van der Waals surface area contributed by atoms with Crippen LogP contribution in [0.15, 0.2) is 17.0 Å². The number of nitrogens with one attached hydrogen (secondary N) is 1. The first-order chi connectivity index (χ1) is 9.90. The van der Waals surface area contributed by atoms with Crippen molar-refractivity contribution in [2.75, 3.05) is 18.9 Å². The van der Waals surface area contributed by atoms with Crippen LogP contribution in [0.1, 0.15) is 31.2 Å². The zero-order valence-corrected chi connectivity index (χ0v) is 12.9. The highest BCUT2D eigenvalue weighted by molar-refractivity contribution is 7.89. The second-order valence-electron chi connectivity index (χ2n) is 5.31. The number of halogens is 1. The van der Waals surface area contributed by atoms with Crippen LogP contribution in [0.3, 0.4) is 0 Å². The van der Waals surface area contributed by atoms with Gasteiger partial charge in [-0.15, -0.1) is 0 Å². The molecular formula is C14H21FN2O3S. The van der Waals surface area contributed by atoms with Crippen molar-refractivity contribution in [2.24, 2.45) is 0 Å². The summed E-state index contributed by atoms with van der Waals surface area (Å²) in [5.74, 6) is -0.789. The molecular weight excluding hydrogens is 295 g/mol. The van der Waals surface area contributed by atoms with Gasteiger partial charge in [0, 0.05) is 18.8 Å². The molecule has 1 fully saturated rings. The summed E-state index contributed by atoms with van der Waals surface area (Å²) in [6, 6.07) is 2.29. The fraction of sp³-hybridized carbons (Fsp3) is 0.571. The highest BCUT2D eigenvalue weighted by Gasteiger charge is 2.21. The van der Waals surface area contributed by atoms with Crippen LogP contribution >= 0.6 is 0 Å². The second kappa shape index (κ2) is 6.72. The third-order valence-corrected chi connectivity index (χ3v) is 5.12. The summed E-state index contributed by atoms with van der Waals surface area (Å²) in [5.41, 5.74) is 6.43. The molecule has 118 valence electrons. The minimum atomic E-state index is -3.89. The Hall–Kier alpha value is -1.18. The summed E-state index contributed by atoms with van der Waals surface area (Å²) in [6.45, 7) is 2.57. The average Bonchev–Trinajstić information content (AvgIpc) is 2.43. The molecule has 21 heavy (non-hydrogen) atoms. The third kappa shape index (κ3) is 4.15. The fourth-order valence-electron chi connectivity index (χ4n) is 2.34. The number of benzene rings is 1. The van der Waals surface area contributed by atoms with Gasteiger partial charge in [0.05, 0.1) is 6.10 Å². The van der Waals surface area contributed by atoms with Crippen LogP contribution in [0.4, 0.5) is 10.1 Å². The van der Waals surface area contributed by atoms with E-state index in [4.69, 9.17) is 10.5 Å². The molecule has 1 atom stereocenters. The van der Waals surface area contributed by atoms with Gasteiger partial charge in [-0.2, -0.15) is 0 Å². The predicted molar refractivity (Wildman–Crippen MR) is 78.9 cm³/mol. The lowest BCUT2D eigenvalue weighted by molar-refractivity contribution is 0.0123. The van der Waals surface area contributed by atoms with Crippen LogP contribution in [0, 0.1) is 12.7 Å². The molecule has 1 saturated heterocycles. The van der Waals surface area contributed by atoms with Crippen LogP contribution in [0.5, 0.6) is 0 Å². The maximum Gasteiger partial charge on any atom is 0.243 e. The Balaban J connectivity index is 1.99. The Morgan fingerprint density at radius 1 is 1.43 bits per heavy atom. The van der Waals surface area contributed by atoms with Crippen LogP contribution in [-0.2, 0) is 14.8 Å². The summed E-state index contributed by atoms with van der Waals surface area (Å²) in [7, 11) is -3.89. The van der Waals surface area contributed by atoms with Gasteiger partial charge in [-0.3, -0.25) is 0 Å². The van der Waals surface area contributed by atoms with Crippen molar-refractivity contribution in [2.45, 2.75) is 43.6 Å². The van der Waals surface area contributed by atoms with Crippen molar-refractivity contribution in [3.05, 3.63) is 23.5 Å². The van der Waals surface area contributed by atoms with Crippen molar-refractivity contribution in [3.63, 3.8) is 0 Å². The Labute approximate surface area is 124 Å². The number of hydrogen-bond acceptors (Lipinski definition) is 4. The van der Waals surface area contributed by atoms with Gasteiger partial charge in [-0.1, -0.05) is 0 Å². The molecule has 2 rings (SSSR count). The SMILES string of the molecule is Cc1cc(F)c(S(=O)(=O)NCCC2CCCCO2)cc1N. The number of anilines is 1. The molecule has 0 aromatic heterocycles. The monoisotopic (exact) mass is 316 g/mol. The van der Waals surface area contributed by atoms with Crippen molar-refractivity contribution in [1.29, 1.82) is 0 Å². The zero-order chi connectivity index (χ0) is 15.5. The van der Waals surface area contributed by atoms with E-state index in [0.717, 1.165) is 38.0 Å². The van der Waals surface area contributed by atoms with E-state index >= 15 is 0 Å². The van der Waals surface area contributed by atoms with Gasteiger partial charge >= 0.3 is 0 Å². The van der Waals surface area contributed by atoms with Gasteiger partial charge in [0.25, 0.3) is 0 Å². The van der Waals surface area contributed by atoms with E-state index in [-0.39, 0.29) is 18.3 Å². The normalized spacial score (nSPS) is 19.6. The van der Waals surface area contributed by atoms with E-state index < -0.39 is 20.7 Å². The number of hydrogen-bond donors (Lipinski definition) is 2. The number of sulfonamides is 1. The molecule has 1 heterocycles. The molecule has 0 radical (unpaired) electrons. The number of ether oxygens (including phenoxy) is 1. The van der Waals surface area contributed by atoms with Crippen molar-refractivity contribution in [1.82, 2.24) is 4.72 Å². The average molecular weight is 316 g/mol. The van der Waals surface area contributed by atoms with Crippen molar-refractivity contribution in [3.8, 4) is 0 Å². The van der Waals surface area contributed by atoms with E-state index in [1.807, 2.05) is 0 Å². The number of aryl methyl sites for hydroxylation is 1. The van der Waals surface area contributed by atoms with Gasteiger partial charge in [0.15, 0.2) is 0 Å². The molecule has 1 aromatic carbocycles. The fourth-order valence-corrected chi connectivity index (χ4v) is 3.48. The smallest absolute Gasteiger partial charge is 0.243 e. The Bertz CT molecular complexity index is 598. The van der Waals surface area contributed by atoms with Crippen LogP contribution in [0.2, 0.25) is 0 Å². The standard InChI is InChI=1S/C14H21FN2O3S/c1-10-8-12(15)14(9-13(10)16)21(18,19)17-6-5-11-4-2-3-7-20-11/h8-9,11,17H,2-7,16H2,1H3. The molecule has 0 saturated carbocycles. The summed E-state index contributed by atoms with van der Waals surface area (Å²) >= 11 is 0. The maximum absolute atomic E-state index is 13.8. The van der Waals surface area contributed by atoms with Gasteiger partial charge in [-0.25, -0.2) is 17.5 Å². The van der Waals surface area contributed by atoms with Crippen LogP contribution < -0.4 is 10.5 Å². The van der Waals surface area contributed by atoms with Gasteiger partial charge in [-0.05, 0) is 50.3 Å². The van der Waals surface area contributed by atoms with Gasteiger partial charge < -0.3 is 10.5 Å². The minimum Gasteiger partial charge on any atom is -0.398 e. The van der Waals surface area contributed by atoms with Crippen molar-refractivity contribution < 1.29 is 17.5 Å². The number of nitrogens with two attached hydrogens (primary N) is 1. The second-order valence-corrected chi connectivity index (χ2v) is 7.05. The Morgan fingerprint density at radius 3 is 2.86 bits per heavy atom. The lowest BCUT2D eigenvalue weighted by atomic mass is 10.1. The first-order valence-electron chi connectivity index (χ1n) is 7.07. The van der Waals surface area contributed by atoms with Gasteiger partial charge in [0.1, 0.15) is 10.7 Å². The molecule has 1 aromatic rings. The van der Waals surface area contributed by atoms with E-state index in [9.17, 15) is 12.8 Å². The van der Waals surface area contributed by atoms with E-state index in [1.54, 1.807) is 6.92 Å². The minimum absolute atomic E-state index is 0.0781. The molecule has 3 N–H and O–H groups in total. The molecule has 7 heteroatoms. The molecule has 0 bridgehead atoms. The van der Waals surface area contributed by atoms with Gasteiger partial charge in [0.2, 0.25) is 10.0 Å².